The summed E-state index contributed by atoms with van der Waals surface area (Å²) in [4.78, 5) is 0. The van der Waals surface area contributed by atoms with Gasteiger partial charge in [0.2, 0.25) is 0 Å². The average molecular weight is 304 g/mol. The summed E-state index contributed by atoms with van der Waals surface area (Å²) in [5.74, 6) is -1.57. The highest BCUT2D eigenvalue weighted by atomic mass is 16.7. The normalized spacial score (nSPS) is 23.4. The molecule has 0 bridgehead atoms. The quantitative estimate of drug-likeness (QED) is 0.607. The first-order valence-electron chi connectivity index (χ1n) is 8.27. The first kappa shape index (κ1) is 18.8. The van der Waals surface area contributed by atoms with Crippen LogP contribution in [0.5, 0.6) is 0 Å². The van der Waals surface area contributed by atoms with Crippen LogP contribution in [-0.4, -0.2) is 47.7 Å². The summed E-state index contributed by atoms with van der Waals surface area (Å²) in [7, 11) is 0. The molecule has 126 valence electrons. The van der Waals surface area contributed by atoms with Crippen LogP contribution in [0.1, 0.15) is 59.8 Å². The molecule has 1 rings (SSSR count). The highest BCUT2D eigenvalue weighted by molar-refractivity contribution is 4.81. The van der Waals surface area contributed by atoms with Crippen LogP contribution in [0.2, 0.25) is 0 Å². The minimum atomic E-state index is -1.05. The summed E-state index contributed by atoms with van der Waals surface area (Å²) in [6.07, 6.45) is 3.28. The molecule has 1 fully saturated rings. The van der Waals surface area contributed by atoms with Gasteiger partial charge in [-0.3, -0.25) is 0 Å². The summed E-state index contributed by atoms with van der Waals surface area (Å²) in [6.45, 7) is 8.86. The zero-order valence-electron chi connectivity index (χ0n) is 13.9. The lowest BCUT2D eigenvalue weighted by Crippen LogP contribution is -2.35. The third-order valence-corrected chi connectivity index (χ3v) is 4.68. The topological polar surface area (TPSA) is 68.2 Å². The van der Waals surface area contributed by atoms with Gasteiger partial charge in [0.1, 0.15) is 0 Å². The Morgan fingerprint density at radius 1 is 1.24 bits per heavy atom. The second kappa shape index (κ2) is 8.44. The van der Waals surface area contributed by atoms with Crippen molar-refractivity contribution in [1.29, 1.82) is 0 Å². The van der Waals surface area contributed by atoms with Crippen LogP contribution < -0.4 is 0 Å². The predicted molar refractivity (Wildman–Crippen MR) is 80.8 cm³/mol. The number of hydrogen-bond acceptors (Lipinski definition) is 5. The molecule has 1 aliphatic rings. The van der Waals surface area contributed by atoms with E-state index in [9.17, 15) is 10.2 Å². The number of ether oxygens (including phenoxy) is 3. The Labute approximate surface area is 128 Å². The number of rotatable bonds is 10. The second-order valence-corrected chi connectivity index (χ2v) is 5.82. The van der Waals surface area contributed by atoms with E-state index >= 15 is 0 Å². The van der Waals surface area contributed by atoms with E-state index in [1.165, 1.54) is 0 Å². The molecule has 21 heavy (non-hydrogen) atoms. The molecular weight excluding hydrogens is 272 g/mol. The van der Waals surface area contributed by atoms with E-state index in [1.54, 1.807) is 0 Å². The molecular formula is C16H32O5. The highest BCUT2D eigenvalue weighted by Gasteiger charge is 2.41. The summed E-state index contributed by atoms with van der Waals surface area (Å²) >= 11 is 0. The Hall–Kier alpha value is -0.200. The molecule has 1 unspecified atom stereocenters. The Bertz CT molecular complexity index is 286. The third-order valence-electron chi connectivity index (χ3n) is 4.68. The van der Waals surface area contributed by atoms with Crippen molar-refractivity contribution in [2.24, 2.45) is 5.92 Å². The molecule has 0 aromatic rings. The summed E-state index contributed by atoms with van der Waals surface area (Å²) in [5, 5.41) is 19.7. The Morgan fingerprint density at radius 3 is 2.29 bits per heavy atom. The molecule has 0 amide bonds. The molecule has 5 heteroatoms. The fraction of sp³-hybridized carbons (Fsp3) is 1.00. The van der Waals surface area contributed by atoms with E-state index in [-0.39, 0.29) is 18.6 Å². The minimum absolute atomic E-state index is 0.0251. The van der Waals surface area contributed by atoms with Crippen LogP contribution in [0.25, 0.3) is 0 Å². The molecule has 0 aromatic carbocycles. The van der Waals surface area contributed by atoms with Crippen molar-refractivity contribution < 1.29 is 24.4 Å². The zero-order valence-corrected chi connectivity index (χ0v) is 13.9. The van der Waals surface area contributed by atoms with Gasteiger partial charge in [-0.1, -0.05) is 27.7 Å². The fourth-order valence-corrected chi connectivity index (χ4v) is 2.68. The Balaban J connectivity index is 2.46. The lowest BCUT2D eigenvalue weighted by molar-refractivity contribution is -0.211. The van der Waals surface area contributed by atoms with E-state index in [2.05, 4.69) is 0 Å². The van der Waals surface area contributed by atoms with Gasteiger partial charge in [0.25, 0.3) is 0 Å². The van der Waals surface area contributed by atoms with Gasteiger partial charge in [0.15, 0.2) is 11.6 Å². The van der Waals surface area contributed by atoms with Crippen LogP contribution in [0.15, 0.2) is 0 Å². The van der Waals surface area contributed by atoms with E-state index in [4.69, 9.17) is 14.2 Å². The Kier molecular flexibility index (Phi) is 7.57. The first-order chi connectivity index (χ1) is 9.98. The lowest BCUT2D eigenvalue weighted by Gasteiger charge is -2.29. The van der Waals surface area contributed by atoms with Crippen LogP contribution in [0, 0.1) is 5.92 Å². The van der Waals surface area contributed by atoms with Gasteiger partial charge in [-0.15, -0.1) is 0 Å². The van der Waals surface area contributed by atoms with E-state index in [0.717, 1.165) is 12.8 Å². The van der Waals surface area contributed by atoms with E-state index < -0.39 is 11.6 Å². The van der Waals surface area contributed by atoms with Crippen molar-refractivity contribution in [2.45, 2.75) is 77.5 Å². The van der Waals surface area contributed by atoms with Gasteiger partial charge in [0.05, 0.1) is 19.3 Å². The molecule has 0 aliphatic carbocycles. The summed E-state index contributed by atoms with van der Waals surface area (Å²) < 4.78 is 17.4. The predicted octanol–water partition coefficient (Wildman–Crippen LogP) is 2.44. The van der Waals surface area contributed by atoms with Gasteiger partial charge in [-0.05, 0) is 32.1 Å². The molecule has 0 radical (unpaired) electrons. The number of aliphatic hydroxyl groups excluding tert-OH is 1. The molecule has 0 aromatic heterocycles. The van der Waals surface area contributed by atoms with E-state index in [1.807, 2.05) is 27.7 Å². The molecule has 5 nitrogen and oxygen atoms in total. The highest BCUT2D eigenvalue weighted by Crippen LogP contribution is 2.34. The third kappa shape index (κ3) is 4.89. The van der Waals surface area contributed by atoms with E-state index in [0.29, 0.717) is 32.5 Å². The fourth-order valence-electron chi connectivity index (χ4n) is 2.68. The van der Waals surface area contributed by atoms with Gasteiger partial charge in [-0.25, -0.2) is 0 Å². The first-order valence-corrected chi connectivity index (χ1v) is 8.27. The smallest absolute Gasteiger partial charge is 0.168 e. The van der Waals surface area contributed by atoms with Crippen molar-refractivity contribution in [3.05, 3.63) is 0 Å². The standard InChI is InChI=1S/C16H32O5/c1-5-15(18,6-2)19-10-9-13(11-17)14-12-20-16(7-3,8-4)21-14/h13-14,17-18H,5-12H2,1-4H3/t13?,14-/m0/s1. The minimum Gasteiger partial charge on any atom is -0.396 e. The molecule has 2 N–H and O–H groups in total. The lowest BCUT2D eigenvalue weighted by atomic mass is 10.0. The van der Waals surface area contributed by atoms with Crippen molar-refractivity contribution >= 4 is 0 Å². The van der Waals surface area contributed by atoms with Gasteiger partial charge >= 0.3 is 0 Å². The summed E-state index contributed by atoms with van der Waals surface area (Å²) in [5.41, 5.74) is 0. The molecule has 0 spiro atoms. The maximum absolute atomic E-state index is 10.1. The van der Waals surface area contributed by atoms with Crippen LogP contribution in [0.3, 0.4) is 0 Å². The van der Waals surface area contributed by atoms with Crippen LogP contribution in [0.4, 0.5) is 0 Å². The maximum atomic E-state index is 10.1. The van der Waals surface area contributed by atoms with Crippen LogP contribution >= 0.6 is 0 Å². The monoisotopic (exact) mass is 304 g/mol. The number of aliphatic hydroxyl groups is 2. The molecule has 1 saturated heterocycles. The molecule has 1 aliphatic heterocycles. The Morgan fingerprint density at radius 2 is 1.86 bits per heavy atom. The molecule has 1 heterocycles. The van der Waals surface area contributed by atoms with Gasteiger partial charge < -0.3 is 24.4 Å². The molecule has 0 saturated carbocycles. The molecule has 2 atom stereocenters. The van der Waals surface area contributed by atoms with Crippen molar-refractivity contribution in [2.75, 3.05) is 19.8 Å². The SMILES string of the molecule is CCC(O)(CC)OCCC(CO)[C@@H]1COC(CC)(CC)O1. The second-order valence-electron chi connectivity index (χ2n) is 5.82. The van der Waals surface area contributed by atoms with Crippen molar-refractivity contribution in [3.63, 3.8) is 0 Å². The zero-order chi connectivity index (χ0) is 15.9. The average Bonchev–Trinajstić information content (AvgIpc) is 2.96. The van der Waals surface area contributed by atoms with Crippen molar-refractivity contribution in [1.82, 2.24) is 0 Å². The largest absolute Gasteiger partial charge is 0.396 e. The van der Waals surface area contributed by atoms with Crippen molar-refractivity contribution in [3.8, 4) is 0 Å². The van der Waals surface area contributed by atoms with Gasteiger partial charge in [0, 0.05) is 12.5 Å². The number of hydrogen-bond donors (Lipinski definition) is 2. The van der Waals surface area contributed by atoms with Crippen LogP contribution in [-0.2, 0) is 14.2 Å². The van der Waals surface area contributed by atoms with Gasteiger partial charge in [-0.2, -0.15) is 0 Å². The maximum Gasteiger partial charge on any atom is 0.168 e. The summed E-state index contributed by atoms with van der Waals surface area (Å²) in [6, 6.07) is 0.